The van der Waals surface area contributed by atoms with E-state index in [9.17, 15) is 27.6 Å². The largest absolute Gasteiger partial charge is 0.485 e. The highest BCUT2D eigenvalue weighted by Gasteiger charge is 2.33. The fourth-order valence-corrected chi connectivity index (χ4v) is 7.20. The van der Waals surface area contributed by atoms with Crippen LogP contribution in [0, 0.1) is 6.92 Å². The first-order valence-electron chi connectivity index (χ1n) is 17.3. The summed E-state index contributed by atoms with van der Waals surface area (Å²) < 4.78 is 54.0. The molecule has 0 radical (unpaired) electrons. The first-order valence-corrected chi connectivity index (χ1v) is 18.2. The number of amides is 2. The fourth-order valence-electron chi connectivity index (χ4n) is 6.49. The number of fused-ring (bicyclic) bond motifs is 1. The third-order valence-corrected chi connectivity index (χ3v) is 10.1. The number of hydrogen-bond acceptors (Lipinski definition) is 11. The number of anilines is 2. The molecule has 2 amide bonds. The van der Waals surface area contributed by atoms with Crippen LogP contribution in [0.15, 0.2) is 59.0 Å². The molecule has 1 aromatic carbocycles. The molecule has 282 valence electrons. The minimum atomic E-state index is -4.54. The quantitative estimate of drug-likeness (QED) is 0.214. The highest BCUT2D eigenvalue weighted by molar-refractivity contribution is 7.10. The number of nitrogens with zero attached hydrogens (tertiary/aromatic N) is 8. The number of halogens is 3. The number of piperazine rings is 1. The Morgan fingerprint density at radius 3 is 2.56 bits per heavy atom. The molecule has 2 aliphatic heterocycles. The summed E-state index contributed by atoms with van der Waals surface area (Å²) in [5.41, 5.74) is 2.73. The van der Waals surface area contributed by atoms with Crippen LogP contribution in [0.1, 0.15) is 51.5 Å². The summed E-state index contributed by atoms with van der Waals surface area (Å²) in [5, 5.41) is 8.34. The predicted molar refractivity (Wildman–Crippen MR) is 194 cm³/mol. The van der Waals surface area contributed by atoms with Crippen molar-refractivity contribution in [1.82, 2.24) is 34.0 Å². The van der Waals surface area contributed by atoms with Crippen molar-refractivity contribution >= 4 is 45.9 Å². The highest BCUT2D eigenvalue weighted by Crippen LogP contribution is 2.36. The van der Waals surface area contributed by atoms with Crippen LogP contribution in [0.4, 0.5) is 24.5 Å². The molecular formula is C36H36F3N9O5S. The standard InChI is InChI=1S/C36H36F3N9O5S/c1-3-26-30(45-11-13-46(14-12-45)33(50)29-31(22(2)40-21-41-29)53-19-23-7-5-4-6-8-23)34(51)48-35(43-32(44-48)24-9-15-52-16-10-24)47(26)18-28(49)42-25-17-27(54-20-25)36(37,38)39/h4-9,17,20-21H,3,10-16,18-19H2,1-2H3,(H,42,49). The summed E-state index contributed by atoms with van der Waals surface area (Å²) in [6, 6.07) is 10.4. The van der Waals surface area contributed by atoms with E-state index in [0.29, 0.717) is 66.0 Å². The molecule has 0 bridgehead atoms. The average molecular weight is 764 g/mol. The van der Waals surface area contributed by atoms with E-state index in [1.54, 1.807) is 16.4 Å². The Bertz CT molecular complexity index is 2280. The number of hydrogen-bond donors (Lipinski definition) is 1. The second-order valence-corrected chi connectivity index (χ2v) is 13.6. The molecule has 2 aliphatic rings. The van der Waals surface area contributed by atoms with Crippen molar-refractivity contribution in [2.24, 2.45) is 0 Å². The van der Waals surface area contributed by atoms with Crippen LogP contribution in [-0.4, -0.2) is 85.2 Å². The normalized spacial score (nSPS) is 15.0. The zero-order valence-electron chi connectivity index (χ0n) is 29.4. The average Bonchev–Trinajstić information content (AvgIpc) is 3.85. The van der Waals surface area contributed by atoms with Gasteiger partial charge in [0.25, 0.3) is 11.5 Å². The smallest absolute Gasteiger partial charge is 0.425 e. The van der Waals surface area contributed by atoms with Gasteiger partial charge in [0.2, 0.25) is 11.7 Å². The van der Waals surface area contributed by atoms with Crippen LogP contribution in [-0.2, 0) is 35.3 Å². The van der Waals surface area contributed by atoms with Gasteiger partial charge in [0, 0.05) is 31.6 Å². The van der Waals surface area contributed by atoms with E-state index in [4.69, 9.17) is 9.47 Å². The maximum absolute atomic E-state index is 14.3. The minimum Gasteiger partial charge on any atom is -0.485 e. The van der Waals surface area contributed by atoms with Gasteiger partial charge in [0.05, 0.1) is 30.3 Å². The number of alkyl halides is 3. The van der Waals surface area contributed by atoms with Crippen LogP contribution in [0.25, 0.3) is 11.4 Å². The predicted octanol–water partition coefficient (Wildman–Crippen LogP) is 4.62. The van der Waals surface area contributed by atoms with Gasteiger partial charge in [-0.25, -0.2) is 9.97 Å². The molecule has 0 unspecified atom stereocenters. The number of benzene rings is 1. The van der Waals surface area contributed by atoms with Gasteiger partial charge < -0.3 is 29.2 Å². The minimum absolute atomic E-state index is 0.00970. The van der Waals surface area contributed by atoms with Crippen LogP contribution >= 0.6 is 11.3 Å². The van der Waals surface area contributed by atoms with E-state index in [-0.39, 0.29) is 62.4 Å². The lowest BCUT2D eigenvalue weighted by Crippen LogP contribution is -2.51. The second kappa shape index (κ2) is 15.4. The van der Waals surface area contributed by atoms with Gasteiger partial charge in [-0.2, -0.15) is 22.7 Å². The molecule has 1 saturated heterocycles. The van der Waals surface area contributed by atoms with Crippen LogP contribution < -0.4 is 20.5 Å². The number of carbonyl (C=O) groups excluding carboxylic acids is 2. The van der Waals surface area contributed by atoms with E-state index in [2.05, 4.69) is 25.4 Å². The molecular weight excluding hydrogens is 728 g/mol. The summed E-state index contributed by atoms with van der Waals surface area (Å²) in [6.07, 6.45) is -0.541. The Hall–Kier alpha value is -5.62. The van der Waals surface area contributed by atoms with Crippen molar-refractivity contribution < 1.29 is 32.2 Å². The summed E-state index contributed by atoms with van der Waals surface area (Å²) >= 11 is 0.481. The maximum Gasteiger partial charge on any atom is 0.425 e. The molecule has 7 rings (SSSR count). The monoisotopic (exact) mass is 763 g/mol. The third kappa shape index (κ3) is 7.56. The molecule has 0 saturated carbocycles. The molecule has 1 fully saturated rings. The first kappa shape index (κ1) is 36.7. The van der Waals surface area contributed by atoms with E-state index in [1.807, 2.05) is 48.2 Å². The number of thiophene rings is 1. The van der Waals surface area contributed by atoms with Gasteiger partial charge in [0.15, 0.2) is 17.3 Å². The van der Waals surface area contributed by atoms with Gasteiger partial charge >= 0.3 is 6.18 Å². The molecule has 0 aliphatic carbocycles. The van der Waals surface area contributed by atoms with Crippen molar-refractivity contribution in [2.45, 2.75) is 46.0 Å². The van der Waals surface area contributed by atoms with E-state index in [1.165, 1.54) is 11.7 Å². The first-order chi connectivity index (χ1) is 26.0. The summed E-state index contributed by atoms with van der Waals surface area (Å²) in [4.78, 5) is 57.4. The molecule has 0 atom stereocenters. The van der Waals surface area contributed by atoms with Gasteiger partial charge in [0.1, 0.15) is 30.0 Å². The zero-order valence-corrected chi connectivity index (χ0v) is 30.2. The number of nitrogens with one attached hydrogen (secondary N) is 1. The Kier molecular flexibility index (Phi) is 10.5. The van der Waals surface area contributed by atoms with E-state index in [0.717, 1.165) is 21.7 Å². The van der Waals surface area contributed by atoms with E-state index < -0.39 is 22.5 Å². The Balaban J connectivity index is 1.17. The van der Waals surface area contributed by atoms with Crippen LogP contribution in [0.3, 0.4) is 0 Å². The van der Waals surface area contributed by atoms with Crippen molar-refractivity contribution in [3.05, 3.63) is 97.9 Å². The molecule has 14 nitrogen and oxygen atoms in total. The molecule has 1 N–H and O–H groups in total. The molecule has 4 aromatic heterocycles. The fraction of sp³-hybridized carbons (Fsp3) is 0.361. The lowest BCUT2D eigenvalue weighted by atomic mass is 10.1. The third-order valence-electron chi connectivity index (χ3n) is 9.17. The van der Waals surface area contributed by atoms with Crippen molar-refractivity contribution in [3.8, 4) is 5.75 Å². The Labute approximate surface area is 310 Å². The van der Waals surface area contributed by atoms with Gasteiger partial charge in [-0.3, -0.25) is 14.4 Å². The Morgan fingerprint density at radius 2 is 1.87 bits per heavy atom. The van der Waals surface area contributed by atoms with Gasteiger partial charge in [-0.05, 0) is 37.0 Å². The number of aromatic nitrogens is 6. The SMILES string of the molecule is CCc1c(N2CCN(C(=O)c3ncnc(C)c3OCc3ccccc3)CC2)c(=O)n2nc(C3=CCOCC3)nc2n1CC(=O)Nc1csc(C(F)(F)F)c1. The number of rotatable bonds is 10. The Morgan fingerprint density at radius 1 is 1.09 bits per heavy atom. The van der Waals surface area contributed by atoms with E-state index >= 15 is 0 Å². The second-order valence-electron chi connectivity index (χ2n) is 12.7. The van der Waals surface area contributed by atoms with Crippen molar-refractivity contribution in [3.63, 3.8) is 0 Å². The number of carbonyl (C=O) groups is 2. The lowest BCUT2D eigenvalue weighted by Gasteiger charge is -2.36. The summed E-state index contributed by atoms with van der Waals surface area (Å²) in [6.45, 7) is 5.32. The van der Waals surface area contributed by atoms with Crippen LogP contribution in [0.2, 0.25) is 0 Å². The maximum atomic E-state index is 14.3. The number of ether oxygens (including phenoxy) is 2. The number of aryl methyl sites for hydroxylation is 1. The molecule has 5 aromatic rings. The van der Waals surface area contributed by atoms with Gasteiger partial charge in [-0.15, -0.1) is 16.4 Å². The molecule has 54 heavy (non-hydrogen) atoms. The zero-order chi connectivity index (χ0) is 38.0. The molecule has 6 heterocycles. The topological polar surface area (TPSA) is 149 Å². The highest BCUT2D eigenvalue weighted by atomic mass is 32.1. The van der Waals surface area contributed by atoms with Crippen molar-refractivity contribution in [2.75, 3.05) is 49.6 Å². The molecule has 18 heteroatoms. The molecule has 0 spiro atoms. The van der Waals surface area contributed by atoms with Gasteiger partial charge in [-0.1, -0.05) is 43.3 Å². The van der Waals surface area contributed by atoms with Crippen molar-refractivity contribution in [1.29, 1.82) is 0 Å². The summed E-state index contributed by atoms with van der Waals surface area (Å²) in [5.74, 6) is -0.209. The van der Waals surface area contributed by atoms with Crippen LogP contribution in [0.5, 0.6) is 5.75 Å². The summed E-state index contributed by atoms with van der Waals surface area (Å²) in [7, 11) is 0. The lowest BCUT2D eigenvalue weighted by molar-refractivity contribution is -0.134.